The highest BCUT2D eigenvalue weighted by atomic mass is 16.2. The zero-order valence-electron chi connectivity index (χ0n) is 14.0. The average molecular weight is 312 g/mol. The fraction of sp³-hybridized carbons (Fsp3) is 0.611. The van der Waals surface area contributed by atoms with Gasteiger partial charge in [0, 0.05) is 31.9 Å². The molecule has 0 N–H and O–H groups in total. The van der Waals surface area contributed by atoms with Gasteiger partial charge in [0.2, 0.25) is 5.91 Å². The third-order valence-electron chi connectivity index (χ3n) is 5.11. The molecule has 1 atom stereocenters. The van der Waals surface area contributed by atoms with E-state index >= 15 is 0 Å². The molecule has 23 heavy (non-hydrogen) atoms. The van der Waals surface area contributed by atoms with Gasteiger partial charge in [0.25, 0.3) is 0 Å². The minimum absolute atomic E-state index is 0.272. The molecule has 3 heterocycles. The lowest BCUT2D eigenvalue weighted by atomic mass is 9.78. The molecule has 1 amide bonds. The summed E-state index contributed by atoms with van der Waals surface area (Å²) >= 11 is 0. The maximum atomic E-state index is 13.0. The summed E-state index contributed by atoms with van der Waals surface area (Å²) in [6.45, 7) is 7.29. The van der Waals surface area contributed by atoms with Crippen molar-refractivity contribution in [2.45, 2.75) is 39.5 Å². The molecule has 0 unspecified atom stereocenters. The fourth-order valence-electron chi connectivity index (χ4n) is 3.94. The summed E-state index contributed by atoms with van der Waals surface area (Å²) in [5.74, 6) is 1.05. The summed E-state index contributed by atoms with van der Waals surface area (Å²) in [6.07, 6.45) is 3.90. The van der Waals surface area contributed by atoms with Crippen LogP contribution in [0.3, 0.4) is 0 Å². The van der Waals surface area contributed by atoms with Gasteiger partial charge in [-0.3, -0.25) is 4.79 Å². The first-order valence-electron chi connectivity index (χ1n) is 8.52. The Kier molecular flexibility index (Phi) is 4.25. The lowest BCUT2D eigenvalue weighted by Gasteiger charge is -2.39. The number of amides is 1. The molecule has 5 heteroatoms. The van der Waals surface area contributed by atoms with Crippen molar-refractivity contribution in [2.24, 2.45) is 5.41 Å². The van der Waals surface area contributed by atoms with Crippen LogP contribution < -0.4 is 4.90 Å². The van der Waals surface area contributed by atoms with E-state index in [9.17, 15) is 10.1 Å². The van der Waals surface area contributed by atoms with E-state index in [4.69, 9.17) is 0 Å². The molecular formula is C18H24N4O. The lowest BCUT2D eigenvalue weighted by molar-refractivity contribution is -0.145. The van der Waals surface area contributed by atoms with Crippen molar-refractivity contribution >= 4 is 11.7 Å². The van der Waals surface area contributed by atoms with Gasteiger partial charge in [-0.15, -0.1) is 0 Å². The SMILES string of the molecule is CCCN1CCC[C@]2(CCN(c3nc(C)ccc3C#N)C2)C1=O. The van der Waals surface area contributed by atoms with Gasteiger partial charge in [-0.1, -0.05) is 6.92 Å². The maximum Gasteiger partial charge on any atom is 0.230 e. The van der Waals surface area contributed by atoms with Crippen molar-refractivity contribution in [2.75, 3.05) is 31.1 Å². The molecule has 0 aliphatic carbocycles. The molecule has 5 nitrogen and oxygen atoms in total. The van der Waals surface area contributed by atoms with E-state index < -0.39 is 0 Å². The molecule has 1 aromatic rings. The first-order chi connectivity index (χ1) is 11.1. The molecule has 0 aromatic carbocycles. The van der Waals surface area contributed by atoms with E-state index in [1.807, 2.05) is 24.0 Å². The Morgan fingerprint density at radius 3 is 2.91 bits per heavy atom. The normalized spacial score (nSPS) is 24.3. The van der Waals surface area contributed by atoms with Crippen molar-refractivity contribution < 1.29 is 4.79 Å². The molecule has 2 aliphatic rings. The number of likely N-dealkylation sites (tertiary alicyclic amines) is 1. The average Bonchev–Trinajstić information content (AvgIpc) is 2.97. The predicted molar refractivity (Wildman–Crippen MR) is 89.1 cm³/mol. The number of aryl methyl sites for hydroxylation is 1. The van der Waals surface area contributed by atoms with Crippen molar-refractivity contribution in [1.82, 2.24) is 9.88 Å². The van der Waals surface area contributed by atoms with Gasteiger partial charge >= 0.3 is 0 Å². The summed E-state index contributed by atoms with van der Waals surface area (Å²) in [5.41, 5.74) is 1.23. The van der Waals surface area contributed by atoms with Gasteiger partial charge in [-0.25, -0.2) is 4.98 Å². The molecule has 2 saturated heterocycles. The Hall–Kier alpha value is -2.09. The number of aromatic nitrogens is 1. The number of rotatable bonds is 3. The first-order valence-corrected chi connectivity index (χ1v) is 8.52. The molecule has 122 valence electrons. The molecule has 0 radical (unpaired) electrons. The van der Waals surface area contributed by atoms with Crippen LogP contribution in [-0.4, -0.2) is 42.0 Å². The van der Waals surface area contributed by atoms with E-state index in [0.717, 1.165) is 56.8 Å². The molecule has 2 aliphatic heterocycles. The van der Waals surface area contributed by atoms with E-state index in [1.54, 1.807) is 0 Å². The van der Waals surface area contributed by atoms with Gasteiger partial charge in [0.15, 0.2) is 0 Å². The summed E-state index contributed by atoms with van der Waals surface area (Å²) in [7, 11) is 0. The largest absolute Gasteiger partial charge is 0.354 e. The second kappa shape index (κ2) is 6.19. The van der Waals surface area contributed by atoms with Gasteiger partial charge in [-0.05, 0) is 44.7 Å². The number of nitriles is 1. The third kappa shape index (κ3) is 2.78. The van der Waals surface area contributed by atoms with Crippen LogP contribution in [0.1, 0.15) is 43.9 Å². The molecule has 0 saturated carbocycles. The van der Waals surface area contributed by atoms with Crippen LogP contribution in [0.25, 0.3) is 0 Å². The number of anilines is 1. The Labute approximate surface area is 137 Å². The van der Waals surface area contributed by atoms with Gasteiger partial charge < -0.3 is 9.80 Å². The molecule has 1 aromatic heterocycles. The number of carbonyl (C=O) groups is 1. The summed E-state index contributed by atoms with van der Waals surface area (Å²) < 4.78 is 0. The Morgan fingerprint density at radius 1 is 1.35 bits per heavy atom. The van der Waals surface area contributed by atoms with Crippen LogP contribution in [0.15, 0.2) is 12.1 Å². The van der Waals surface area contributed by atoms with E-state index in [2.05, 4.69) is 22.9 Å². The topological polar surface area (TPSA) is 60.2 Å². The van der Waals surface area contributed by atoms with Crippen molar-refractivity contribution in [1.29, 1.82) is 5.26 Å². The van der Waals surface area contributed by atoms with Crippen LogP contribution in [0.5, 0.6) is 0 Å². The molecule has 0 bridgehead atoms. The van der Waals surface area contributed by atoms with Crippen LogP contribution in [0.4, 0.5) is 5.82 Å². The van der Waals surface area contributed by atoms with Gasteiger partial charge in [-0.2, -0.15) is 5.26 Å². The van der Waals surface area contributed by atoms with Crippen LogP contribution >= 0.6 is 0 Å². The lowest BCUT2D eigenvalue weighted by Crippen LogP contribution is -2.50. The highest BCUT2D eigenvalue weighted by molar-refractivity contribution is 5.85. The van der Waals surface area contributed by atoms with E-state index in [0.29, 0.717) is 18.0 Å². The molecule has 1 spiro atoms. The van der Waals surface area contributed by atoms with E-state index in [-0.39, 0.29) is 5.41 Å². The number of hydrogen-bond acceptors (Lipinski definition) is 4. The Balaban J connectivity index is 1.84. The summed E-state index contributed by atoms with van der Waals surface area (Å²) in [4.78, 5) is 21.7. The highest BCUT2D eigenvalue weighted by Crippen LogP contribution is 2.41. The Morgan fingerprint density at radius 2 is 2.17 bits per heavy atom. The standard InChI is InChI=1S/C18H24N4O/c1-3-9-21-10-4-7-18(17(21)23)8-11-22(13-18)16-15(12-19)6-5-14(2)20-16/h5-6H,3-4,7-11,13H2,1-2H3/t18-/m1/s1. The molecule has 2 fully saturated rings. The van der Waals surface area contributed by atoms with E-state index in [1.165, 1.54) is 0 Å². The van der Waals surface area contributed by atoms with Crippen LogP contribution in [-0.2, 0) is 4.79 Å². The number of pyridine rings is 1. The summed E-state index contributed by atoms with van der Waals surface area (Å²) in [6, 6.07) is 5.92. The van der Waals surface area contributed by atoms with Gasteiger partial charge in [0.1, 0.15) is 11.9 Å². The van der Waals surface area contributed by atoms with Crippen molar-refractivity contribution in [3.05, 3.63) is 23.4 Å². The smallest absolute Gasteiger partial charge is 0.230 e. The number of hydrogen-bond donors (Lipinski definition) is 0. The van der Waals surface area contributed by atoms with Crippen molar-refractivity contribution in [3.63, 3.8) is 0 Å². The first kappa shape index (κ1) is 15.8. The fourth-order valence-corrected chi connectivity index (χ4v) is 3.94. The van der Waals surface area contributed by atoms with Crippen LogP contribution in [0, 0.1) is 23.7 Å². The Bertz CT molecular complexity index is 649. The number of nitrogens with zero attached hydrogens (tertiary/aromatic N) is 4. The summed E-state index contributed by atoms with van der Waals surface area (Å²) in [5, 5.41) is 9.34. The number of piperidine rings is 1. The van der Waals surface area contributed by atoms with Gasteiger partial charge in [0.05, 0.1) is 11.0 Å². The molecular weight excluding hydrogens is 288 g/mol. The minimum Gasteiger partial charge on any atom is -0.354 e. The number of carbonyl (C=O) groups excluding carboxylic acids is 1. The second-order valence-corrected chi connectivity index (χ2v) is 6.78. The monoisotopic (exact) mass is 312 g/mol. The van der Waals surface area contributed by atoms with Crippen molar-refractivity contribution in [3.8, 4) is 6.07 Å². The second-order valence-electron chi connectivity index (χ2n) is 6.78. The zero-order chi connectivity index (χ0) is 16.4. The quantitative estimate of drug-likeness (QED) is 0.860. The third-order valence-corrected chi connectivity index (χ3v) is 5.11. The minimum atomic E-state index is -0.272. The highest BCUT2D eigenvalue weighted by Gasteiger charge is 2.48. The predicted octanol–water partition coefficient (Wildman–Crippen LogP) is 2.49. The molecule has 3 rings (SSSR count). The zero-order valence-corrected chi connectivity index (χ0v) is 14.0. The van der Waals surface area contributed by atoms with Crippen LogP contribution in [0.2, 0.25) is 0 Å². The maximum absolute atomic E-state index is 13.0.